The fourth-order valence-electron chi connectivity index (χ4n) is 4.73. The molecule has 0 N–H and O–H groups in total. The topological polar surface area (TPSA) is 28.1 Å². The Morgan fingerprint density at radius 3 is 2.05 bits per heavy atom. The SMILES string of the molecule is Clc1ccc(COc2ccccc2C2N(c3ccccc3)N=C(c3ccccc3)N2c2ccc(Cl)c(Cl)c2)cc1. The van der Waals surface area contributed by atoms with E-state index in [9.17, 15) is 0 Å². The minimum atomic E-state index is -0.378. The Bertz CT molecular complexity index is 1640. The van der Waals surface area contributed by atoms with Crippen LogP contribution in [0, 0.1) is 0 Å². The van der Waals surface area contributed by atoms with Crippen molar-refractivity contribution >= 4 is 52.0 Å². The van der Waals surface area contributed by atoms with E-state index in [1.165, 1.54) is 0 Å². The maximum atomic E-state index is 6.55. The van der Waals surface area contributed by atoms with E-state index in [0.717, 1.165) is 39.7 Å². The minimum Gasteiger partial charge on any atom is -0.488 e. The van der Waals surface area contributed by atoms with Gasteiger partial charge in [0.2, 0.25) is 0 Å². The van der Waals surface area contributed by atoms with Crippen molar-refractivity contribution < 1.29 is 4.74 Å². The molecule has 1 aliphatic rings. The third kappa shape index (κ3) is 5.39. The zero-order valence-corrected chi connectivity index (χ0v) is 23.6. The number of benzene rings is 5. The first kappa shape index (κ1) is 26.3. The summed E-state index contributed by atoms with van der Waals surface area (Å²) < 4.78 is 6.43. The first-order valence-electron chi connectivity index (χ1n) is 12.8. The summed E-state index contributed by atoms with van der Waals surface area (Å²) in [4.78, 5) is 2.18. The molecular formula is C33H24Cl3N3O. The summed E-state index contributed by atoms with van der Waals surface area (Å²) in [5, 5.41) is 8.87. The molecule has 0 bridgehead atoms. The van der Waals surface area contributed by atoms with Crippen molar-refractivity contribution in [1.82, 2.24) is 0 Å². The molecule has 1 atom stereocenters. The van der Waals surface area contributed by atoms with Gasteiger partial charge in [-0.25, -0.2) is 5.01 Å². The van der Waals surface area contributed by atoms with Gasteiger partial charge in [0.15, 0.2) is 12.0 Å². The minimum absolute atomic E-state index is 0.378. The van der Waals surface area contributed by atoms with Gasteiger partial charge in [0.05, 0.1) is 15.7 Å². The van der Waals surface area contributed by atoms with Crippen LogP contribution in [0.4, 0.5) is 11.4 Å². The smallest absolute Gasteiger partial charge is 0.162 e. The average molecular weight is 585 g/mol. The number of hydrogen-bond acceptors (Lipinski definition) is 4. The summed E-state index contributed by atoms with van der Waals surface area (Å²) in [5.74, 6) is 1.53. The van der Waals surface area contributed by atoms with E-state index in [-0.39, 0.29) is 6.17 Å². The third-order valence-electron chi connectivity index (χ3n) is 6.65. The van der Waals surface area contributed by atoms with Crippen LogP contribution in [0.15, 0.2) is 132 Å². The van der Waals surface area contributed by atoms with Crippen LogP contribution in [0.25, 0.3) is 0 Å². The summed E-state index contributed by atoms with van der Waals surface area (Å²) in [6.07, 6.45) is -0.378. The summed E-state index contributed by atoms with van der Waals surface area (Å²) in [7, 11) is 0. The first-order valence-corrected chi connectivity index (χ1v) is 13.9. The van der Waals surface area contributed by atoms with Gasteiger partial charge in [-0.3, -0.25) is 4.90 Å². The Morgan fingerprint density at radius 2 is 1.32 bits per heavy atom. The van der Waals surface area contributed by atoms with E-state index < -0.39 is 0 Å². The molecule has 1 aliphatic heterocycles. The molecule has 40 heavy (non-hydrogen) atoms. The molecule has 5 aromatic rings. The van der Waals surface area contributed by atoms with Crippen molar-refractivity contribution in [3.8, 4) is 5.75 Å². The number of rotatable bonds is 7. The standard InChI is InChI=1S/C33H24Cl3N3O/c34-25-17-15-23(16-18-25)22-40-31-14-8-7-13-28(31)33-38(27-19-20-29(35)30(36)21-27)32(24-9-3-1-4-10-24)37-39(33)26-11-5-2-6-12-26/h1-21,33H,22H2. The van der Waals surface area contributed by atoms with Crippen LogP contribution in [-0.2, 0) is 6.61 Å². The van der Waals surface area contributed by atoms with Crippen molar-refractivity contribution in [2.24, 2.45) is 5.10 Å². The van der Waals surface area contributed by atoms with Crippen LogP contribution in [0.1, 0.15) is 22.9 Å². The highest BCUT2D eigenvalue weighted by atomic mass is 35.5. The van der Waals surface area contributed by atoms with Crippen LogP contribution >= 0.6 is 34.8 Å². The molecule has 6 rings (SSSR count). The maximum absolute atomic E-state index is 6.55. The monoisotopic (exact) mass is 583 g/mol. The largest absolute Gasteiger partial charge is 0.488 e. The summed E-state index contributed by atoms with van der Waals surface area (Å²) >= 11 is 19.0. The second-order valence-electron chi connectivity index (χ2n) is 9.26. The first-order chi connectivity index (χ1) is 19.6. The molecule has 0 aromatic heterocycles. The van der Waals surface area contributed by atoms with Crippen molar-refractivity contribution in [3.05, 3.63) is 159 Å². The lowest BCUT2D eigenvalue weighted by atomic mass is 10.1. The average Bonchev–Trinajstić information content (AvgIpc) is 3.40. The van der Waals surface area contributed by atoms with E-state index in [1.54, 1.807) is 0 Å². The van der Waals surface area contributed by atoms with Crippen LogP contribution in [0.5, 0.6) is 5.75 Å². The zero-order chi connectivity index (χ0) is 27.5. The Balaban J connectivity index is 1.50. The Labute approximate surface area is 248 Å². The summed E-state index contributed by atoms with van der Waals surface area (Å²) in [6, 6.07) is 41.6. The molecule has 4 nitrogen and oxygen atoms in total. The van der Waals surface area contributed by atoms with Crippen LogP contribution in [0.2, 0.25) is 15.1 Å². The van der Waals surface area contributed by atoms with E-state index in [4.69, 9.17) is 44.6 Å². The number of ether oxygens (including phenoxy) is 1. The molecule has 1 heterocycles. The van der Waals surface area contributed by atoms with Gasteiger partial charge in [-0.15, -0.1) is 0 Å². The fraction of sp³-hybridized carbons (Fsp3) is 0.0606. The maximum Gasteiger partial charge on any atom is 0.162 e. The van der Waals surface area contributed by atoms with E-state index in [2.05, 4.69) is 35.2 Å². The molecule has 7 heteroatoms. The molecule has 198 valence electrons. The molecule has 5 aromatic carbocycles. The van der Waals surface area contributed by atoms with Crippen LogP contribution in [0.3, 0.4) is 0 Å². The molecule has 0 aliphatic carbocycles. The second-order valence-corrected chi connectivity index (χ2v) is 10.5. The Morgan fingerprint density at radius 1 is 0.650 bits per heavy atom. The van der Waals surface area contributed by atoms with Gasteiger partial charge in [0, 0.05) is 21.8 Å². The van der Waals surface area contributed by atoms with Gasteiger partial charge in [-0.1, -0.05) is 114 Å². The Hall–Kier alpha value is -3.96. The van der Waals surface area contributed by atoms with Crippen LogP contribution in [-0.4, -0.2) is 5.84 Å². The molecule has 0 spiro atoms. The van der Waals surface area contributed by atoms with Crippen LogP contribution < -0.4 is 14.6 Å². The number of amidine groups is 1. The van der Waals surface area contributed by atoms with Crippen molar-refractivity contribution in [1.29, 1.82) is 0 Å². The molecule has 0 saturated heterocycles. The highest BCUT2D eigenvalue weighted by Crippen LogP contribution is 2.44. The lowest BCUT2D eigenvalue weighted by Crippen LogP contribution is -2.36. The number of anilines is 2. The quantitative estimate of drug-likeness (QED) is 0.191. The number of halogens is 3. The normalized spacial score (nSPS) is 14.8. The Kier molecular flexibility index (Phi) is 7.65. The predicted molar refractivity (Wildman–Crippen MR) is 166 cm³/mol. The zero-order valence-electron chi connectivity index (χ0n) is 21.3. The molecular weight excluding hydrogens is 561 g/mol. The summed E-state index contributed by atoms with van der Waals surface area (Å²) in [6.45, 7) is 0.394. The molecule has 1 unspecified atom stereocenters. The highest BCUT2D eigenvalue weighted by molar-refractivity contribution is 6.42. The van der Waals surface area contributed by atoms with Crippen molar-refractivity contribution in [2.45, 2.75) is 12.8 Å². The van der Waals surface area contributed by atoms with E-state index in [0.29, 0.717) is 21.7 Å². The summed E-state index contributed by atoms with van der Waals surface area (Å²) in [5.41, 5.74) is 4.73. The van der Waals surface area contributed by atoms with Gasteiger partial charge in [0.25, 0.3) is 0 Å². The second kappa shape index (κ2) is 11.6. The predicted octanol–water partition coefficient (Wildman–Crippen LogP) is 9.61. The van der Waals surface area contributed by atoms with Gasteiger partial charge in [0.1, 0.15) is 12.4 Å². The lowest BCUT2D eigenvalue weighted by molar-refractivity contribution is 0.301. The van der Waals surface area contributed by atoms with Crippen molar-refractivity contribution in [3.63, 3.8) is 0 Å². The molecule has 0 radical (unpaired) electrons. The van der Waals surface area contributed by atoms with E-state index in [1.807, 2.05) is 102 Å². The fourth-order valence-corrected chi connectivity index (χ4v) is 5.15. The van der Waals surface area contributed by atoms with Crippen molar-refractivity contribution in [2.75, 3.05) is 9.91 Å². The number of hydrazone groups is 1. The molecule has 0 saturated carbocycles. The van der Waals surface area contributed by atoms with Gasteiger partial charge in [-0.05, 0) is 54.1 Å². The molecule has 0 fully saturated rings. The van der Waals surface area contributed by atoms with Gasteiger partial charge < -0.3 is 4.74 Å². The van der Waals surface area contributed by atoms with Gasteiger partial charge >= 0.3 is 0 Å². The number of para-hydroxylation sites is 2. The molecule has 0 amide bonds. The highest BCUT2D eigenvalue weighted by Gasteiger charge is 2.39. The number of nitrogens with zero attached hydrogens (tertiary/aromatic N) is 3. The van der Waals surface area contributed by atoms with E-state index >= 15 is 0 Å². The lowest BCUT2D eigenvalue weighted by Gasteiger charge is -2.33. The van der Waals surface area contributed by atoms with Gasteiger partial charge in [-0.2, -0.15) is 5.10 Å². The third-order valence-corrected chi connectivity index (χ3v) is 7.64. The number of hydrogen-bond donors (Lipinski definition) is 0.